The largest absolute Gasteiger partial charge is 0.0617 e. The van der Waals surface area contributed by atoms with Gasteiger partial charge in [-0.2, -0.15) is 0 Å². The van der Waals surface area contributed by atoms with Crippen LogP contribution in [0.25, 0.3) is 0 Å². The molecule has 0 bridgehead atoms. The Hall–Kier alpha value is -0.780. The van der Waals surface area contributed by atoms with Crippen LogP contribution in [-0.4, -0.2) is 0 Å². The number of benzene rings is 1. The monoisotopic (exact) mass is 134 g/mol. The van der Waals surface area contributed by atoms with Gasteiger partial charge in [-0.3, -0.25) is 0 Å². The summed E-state index contributed by atoms with van der Waals surface area (Å²) in [5.41, 5.74) is 2.89. The van der Waals surface area contributed by atoms with Gasteiger partial charge in [0.2, 0.25) is 0 Å². The molecule has 0 spiro atoms. The van der Waals surface area contributed by atoms with E-state index in [1.165, 1.54) is 11.1 Å². The zero-order valence-corrected chi connectivity index (χ0v) is 6.72. The minimum Gasteiger partial charge on any atom is -0.0617 e. The average molecular weight is 134 g/mol. The van der Waals surface area contributed by atoms with Gasteiger partial charge < -0.3 is 0 Å². The van der Waals surface area contributed by atoms with Crippen molar-refractivity contribution in [2.75, 3.05) is 0 Å². The van der Waals surface area contributed by atoms with Gasteiger partial charge in [-0.25, -0.2) is 0 Å². The van der Waals surface area contributed by atoms with E-state index in [1.54, 1.807) is 0 Å². The van der Waals surface area contributed by atoms with Crippen LogP contribution in [0.5, 0.6) is 0 Å². The van der Waals surface area contributed by atoms with Crippen LogP contribution in [-0.2, 0) is 12.8 Å². The van der Waals surface area contributed by atoms with E-state index < -0.39 is 0 Å². The summed E-state index contributed by atoms with van der Waals surface area (Å²) in [5, 5.41) is 0. The van der Waals surface area contributed by atoms with Gasteiger partial charge >= 0.3 is 0 Å². The number of aryl methyl sites for hydroxylation is 2. The van der Waals surface area contributed by atoms with E-state index in [0.29, 0.717) is 0 Å². The minimum absolute atomic E-state index is 1.15. The molecule has 10 heavy (non-hydrogen) atoms. The maximum Gasteiger partial charge on any atom is -0.0307 e. The molecule has 1 aromatic carbocycles. The van der Waals surface area contributed by atoms with E-state index in [-0.39, 0.29) is 0 Å². The quantitative estimate of drug-likeness (QED) is 0.583. The van der Waals surface area contributed by atoms with Crippen LogP contribution >= 0.6 is 0 Å². The first-order valence-corrected chi connectivity index (χ1v) is 3.94. The van der Waals surface area contributed by atoms with Crippen molar-refractivity contribution in [3.63, 3.8) is 0 Å². The Balaban J connectivity index is 2.87. The lowest BCUT2D eigenvalue weighted by atomic mass is 10.1. The third-order valence-electron chi connectivity index (χ3n) is 1.81. The van der Waals surface area contributed by atoms with E-state index >= 15 is 0 Å². The van der Waals surface area contributed by atoms with E-state index in [9.17, 15) is 0 Å². The van der Waals surface area contributed by atoms with Crippen LogP contribution in [0.2, 0.25) is 0 Å². The van der Waals surface area contributed by atoms with Crippen molar-refractivity contribution < 1.29 is 0 Å². The Morgan fingerprint density at radius 2 is 1.50 bits per heavy atom. The maximum atomic E-state index is 2.28. The summed E-state index contributed by atoms with van der Waals surface area (Å²) in [7, 11) is 0. The number of hydrogen-bond donors (Lipinski definition) is 0. The fourth-order valence-electron chi connectivity index (χ4n) is 1.07. The summed E-state index contributed by atoms with van der Waals surface area (Å²) in [6, 6.07) is 8.77. The van der Waals surface area contributed by atoms with Crippen molar-refractivity contribution in [1.82, 2.24) is 0 Å². The van der Waals surface area contributed by atoms with Crippen molar-refractivity contribution in [2.24, 2.45) is 0 Å². The van der Waals surface area contributed by atoms with Crippen molar-refractivity contribution in [2.45, 2.75) is 26.7 Å². The lowest BCUT2D eigenvalue weighted by Gasteiger charge is -1.98. The van der Waals surface area contributed by atoms with Crippen LogP contribution < -0.4 is 0 Å². The van der Waals surface area contributed by atoms with Crippen molar-refractivity contribution >= 4 is 0 Å². The first kappa shape index (κ1) is 7.33. The molecule has 0 unspecified atom stereocenters. The molecule has 0 aliphatic carbocycles. The predicted octanol–water partition coefficient (Wildman–Crippen LogP) is 2.81. The molecule has 0 saturated carbocycles. The van der Waals surface area contributed by atoms with E-state index in [4.69, 9.17) is 0 Å². The van der Waals surface area contributed by atoms with Crippen LogP contribution in [0, 0.1) is 0 Å². The molecule has 0 amide bonds. The van der Waals surface area contributed by atoms with Crippen LogP contribution in [0.1, 0.15) is 25.0 Å². The van der Waals surface area contributed by atoms with Crippen molar-refractivity contribution in [1.29, 1.82) is 0 Å². The Morgan fingerprint density at radius 3 is 1.90 bits per heavy atom. The van der Waals surface area contributed by atoms with E-state index in [0.717, 1.165) is 12.8 Å². The summed E-state index contributed by atoms with van der Waals surface area (Å²) in [6.45, 7) is 4.38. The van der Waals surface area contributed by atoms with Gasteiger partial charge in [-0.1, -0.05) is 38.1 Å². The van der Waals surface area contributed by atoms with Gasteiger partial charge in [0.05, 0.1) is 0 Å². The molecule has 0 saturated heterocycles. The topological polar surface area (TPSA) is 0 Å². The van der Waals surface area contributed by atoms with Gasteiger partial charge in [0, 0.05) is 0 Å². The van der Waals surface area contributed by atoms with Crippen LogP contribution in [0.4, 0.5) is 0 Å². The first-order valence-electron chi connectivity index (χ1n) is 3.94. The SMILES string of the molecule is CCc1cccc(CC)c1. The Kier molecular flexibility index (Phi) is 2.49. The number of hydrogen-bond acceptors (Lipinski definition) is 0. The fraction of sp³-hybridized carbons (Fsp3) is 0.400. The highest BCUT2D eigenvalue weighted by atomic mass is 13.9. The highest BCUT2D eigenvalue weighted by Gasteiger charge is 1.89. The lowest BCUT2D eigenvalue weighted by Crippen LogP contribution is -1.83. The van der Waals surface area contributed by atoms with Gasteiger partial charge in [0.15, 0.2) is 0 Å². The molecule has 0 nitrogen and oxygen atoms in total. The molecule has 0 fully saturated rings. The molecular weight excluding hydrogens is 120 g/mol. The van der Waals surface area contributed by atoms with Gasteiger partial charge in [-0.05, 0) is 24.0 Å². The molecule has 0 aromatic heterocycles. The van der Waals surface area contributed by atoms with Crippen molar-refractivity contribution in [3.05, 3.63) is 35.4 Å². The molecule has 0 N–H and O–H groups in total. The summed E-state index contributed by atoms with van der Waals surface area (Å²) >= 11 is 0. The zero-order chi connectivity index (χ0) is 7.40. The lowest BCUT2D eigenvalue weighted by molar-refractivity contribution is 1.09. The second kappa shape index (κ2) is 3.40. The van der Waals surface area contributed by atoms with Crippen molar-refractivity contribution in [3.8, 4) is 0 Å². The summed E-state index contributed by atoms with van der Waals surface area (Å²) in [4.78, 5) is 0. The summed E-state index contributed by atoms with van der Waals surface area (Å²) in [6.07, 6.45) is 2.29. The molecule has 54 valence electrons. The molecular formula is C10H14. The van der Waals surface area contributed by atoms with Crippen LogP contribution in [0.15, 0.2) is 24.3 Å². The second-order valence-corrected chi connectivity index (χ2v) is 2.53. The zero-order valence-electron chi connectivity index (χ0n) is 6.72. The maximum absolute atomic E-state index is 2.28. The van der Waals surface area contributed by atoms with E-state index in [2.05, 4.69) is 38.1 Å². The Morgan fingerprint density at radius 1 is 1.00 bits per heavy atom. The number of rotatable bonds is 2. The average Bonchev–Trinajstić information content (AvgIpc) is 2.05. The molecule has 0 radical (unpaired) electrons. The second-order valence-electron chi connectivity index (χ2n) is 2.53. The molecule has 0 aliphatic heterocycles. The Bertz CT molecular complexity index is 182. The molecule has 0 atom stereocenters. The normalized spacial score (nSPS) is 9.80. The standard InChI is InChI=1S/C10H14/c1-3-9-6-5-7-10(4-2)8-9/h5-8H,3-4H2,1-2H3. The Labute approximate surface area is 62.9 Å². The minimum atomic E-state index is 1.15. The smallest absolute Gasteiger partial charge is 0.0307 e. The third-order valence-corrected chi connectivity index (χ3v) is 1.81. The molecule has 0 heterocycles. The molecule has 1 rings (SSSR count). The van der Waals surface area contributed by atoms with Gasteiger partial charge in [-0.15, -0.1) is 0 Å². The molecule has 1 aromatic rings. The van der Waals surface area contributed by atoms with Gasteiger partial charge in [0.1, 0.15) is 0 Å². The van der Waals surface area contributed by atoms with Crippen LogP contribution in [0.3, 0.4) is 0 Å². The summed E-state index contributed by atoms with van der Waals surface area (Å²) in [5.74, 6) is 0. The fourth-order valence-corrected chi connectivity index (χ4v) is 1.07. The molecule has 0 heteroatoms. The predicted molar refractivity (Wildman–Crippen MR) is 45.2 cm³/mol. The summed E-state index contributed by atoms with van der Waals surface area (Å²) < 4.78 is 0. The highest BCUT2D eigenvalue weighted by molar-refractivity contribution is 5.23. The third kappa shape index (κ3) is 1.60. The molecule has 0 aliphatic rings. The first-order chi connectivity index (χ1) is 4.86. The highest BCUT2D eigenvalue weighted by Crippen LogP contribution is 2.05. The van der Waals surface area contributed by atoms with E-state index in [1.807, 2.05) is 0 Å². The van der Waals surface area contributed by atoms with Gasteiger partial charge in [0.25, 0.3) is 0 Å².